The molecule has 0 unspecified atom stereocenters. The second-order valence-electron chi connectivity index (χ2n) is 4.47. The van der Waals surface area contributed by atoms with E-state index >= 15 is 0 Å². The quantitative estimate of drug-likeness (QED) is 0.831. The largest absolute Gasteiger partial charge is 0.307 e. The minimum atomic E-state index is 0.533. The van der Waals surface area contributed by atoms with Gasteiger partial charge in [0.15, 0.2) is 11.5 Å². The summed E-state index contributed by atoms with van der Waals surface area (Å²) in [6, 6.07) is 6.48. The molecule has 0 aliphatic carbocycles. The molecule has 0 aliphatic heterocycles. The lowest BCUT2D eigenvalue weighted by Crippen LogP contribution is -2.26. The monoisotopic (exact) mass is 232 g/mol. The van der Waals surface area contributed by atoms with Gasteiger partial charge in [0.25, 0.3) is 0 Å². The molecule has 2 aromatic rings. The van der Waals surface area contributed by atoms with Crippen molar-refractivity contribution >= 4 is 5.65 Å². The lowest BCUT2D eigenvalue weighted by molar-refractivity contribution is 0.486. The molecule has 4 nitrogen and oxygen atoms in total. The van der Waals surface area contributed by atoms with Crippen molar-refractivity contribution in [2.45, 2.75) is 45.7 Å². The summed E-state index contributed by atoms with van der Waals surface area (Å²) in [5.41, 5.74) is 0.908. The molecule has 92 valence electrons. The summed E-state index contributed by atoms with van der Waals surface area (Å²) >= 11 is 0. The summed E-state index contributed by atoms with van der Waals surface area (Å²) in [6.45, 7) is 5.22. The van der Waals surface area contributed by atoms with Gasteiger partial charge in [0.1, 0.15) is 0 Å². The Labute approximate surface area is 102 Å². The van der Waals surface area contributed by atoms with Gasteiger partial charge in [0.05, 0.1) is 6.54 Å². The minimum Gasteiger partial charge on any atom is -0.307 e. The first-order valence-corrected chi connectivity index (χ1v) is 6.33. The first kappa shape index (κ1) is 12.0. The fraction of sp³-hybridized carbons (Fsp3) is 0.538. The fourth-order valence-electron chi connectivity index (χ4n) is 1.89. The Morgan fingerprint density at radius 1 is 1.35 bits per heavy atom. The fourth-order valence-corrected chi connectivity index (χ4v) is 1.89. The van der Waals surface area contributed by atoms with Crippen molar-refractivity contribution in [3.63, 3.8) is 0 Å². The summed E-state index contributed by atoms with van der Waals surface area (Å²) in [5, 5.41) is 11.8. The van der Waals surface area contributed by atoms with Crippen LogP contribution >= 0.6 is 0 Å². The average molecular weight is 232 g/mol. The van der Waals surface area contributed by atoms with Crippen LogP contribution in [0.2, 0.25) is 0 Å². The Kier molecular flexibility index (Phi) is 4.09. The Hall–Kier alpha value is -1.42. The molecule has 2 aromatic heterocycles. The molecule has 17 heavy (non-hydrogen) atoms. The van der Waals surface area contributed by atoms with Gasteiger partial charge in [-0.1, -0.05) is 25.8 Å². The number of aromatic nitrogens is 3. The third-order valence-corrected chi connectivity index (χ3v) is 2.98. The van der Waals surface area contributed by atoms with E-state index in [1.54, 1.807) is 0 Å². The molecule has 1 atom stereocenters. The first-order chi connectivity index (χ1) is 8.31. The summed E-state index contributed by atoms with van der Waals surface area (Å²) in [6.07, 6.45) is 5.74. The van der Waals surface area contributed by atoms with E-state index in [2.05, 4.69) is 29.4 Å². The minimum absolute atomic E-state index is 0.533. The molecular weight excluding hydrogens is 212 g/mol. The highest BCUT2D eigenvalue weighted by atomic mass is 15.3. The van der Waals surface area contributed by atoms with Crippen LogP contribution in [0.1, 0.15) is 38.9 Å². The van der Waals surface area contributed by atoms with Crippen LogP contribution in [0, 0.1) is 0 Å². The van der Waals surface area contributed by atoms with Crippen LogP contribution < -0.4 is 5.32 Å². The molecule has 0 bridgehead atoms. The van der Waals surface area contributed by atoms with Gasteiger partial charge in [-0.3, -0.25) is 4.40 Å². The Morgan fingerprint density at radius 2 is 2.24 bits per heavy atom. The number of nitrogens with zero attached hydrogens (tertiary/aromatic N) is 3. The zero-order valence-electron chi connectivity index (χ0n) is 10.6. The smallest absolute Gasteiger partial charge is 0.160 e. The predicted molar refractivity (Wildman–Crippen MR) is 68.8 cm³/mol. The molecule has 0 saturated heterocycles. The number of nitrogens with one attached hydrogen (secondary N) is 1. The van der Waals surface area contributed by atoms with Gasteiger partial charge >= 0.3 is 0 Å². The highest BCUT2D eigenvalue weighted by molar-refractivity contribution is 5.36. The van der Waals surface area contributed by atoms with Crippen molar-refractivity contribution in [1.29, 1.82) is 0 Å². The van der Waals surface area contributed by atoms with Crippen molar-refractivity contribution < 1.29 is 0 Å². The van der Waals surface area contributed by atoms with E-state index in [1.807, 2.05) is 28.8 Å². The van der Waals surface area contributed by atoms with E-state index < -0.39 is 0 Å². The summed E-state index contributed by atoms with van der Waals surface area (Å²) in [7, 11) is 0. The molecule has 0 saturated carbocycles. The SMILES string of the molecule is CCCC[C@@H](C)NCc1nnc2ccccn12. The molecule has 0 aromatic carbocycles. The van der Waals surface area contributed by atoms with Crippen LogP contribution in [-0.4, -0.2) is 20.6 Å². The maximum absolute atomic E-state index is 4.20. The predicted octanol–water partition coefficient (Wildman–Crippen LogP) is 2.40. The maximum Gasteiger partial charge on any atom is 0.160 e. The Morgan fingerprint density at radius 3 is 3.06 bits per heavy atom. The molecule has 0 radical (unpaired) electrons. The van der Waals surface area contributed by atoms with Gasteiger partial charge in [0, 0.05) is 12.2 Å². The molecule has 2 rings (SSSR count). The molecule has 2 heterocycles. The zero-order chi connectivity index (χ0) is 12.1. The second kappa shape index (κ2) is 5.77. The van der Waals surface area contributed by atoms with E-state index in [-0.39, 0.29) is 0 Å². The van der Waals surface area contributed by atoms with Gasteiger partial charge in [-0.2, -0.15) is 0 Å². The van der Waals surface area contributed by atoms with Crippen LogP contribution in [0.4, 0.5) is 0 Å². The van der Waals surface area contributed by atoms with Crippen LogP contribution in [0.5, 0.6) is 0 Å². The van der Waals surface area contributed by atoms with Crippen molar-refractivity contribution in [1.82, 2.24) is 19.9 Å². The normalized spacial score (nSPS) is 13.1. The summed E-state index contributed by atoms with van der Waals surface area (Å²) in [4.78, 5) is 0. The third kappa shape index (κ3) is 3.03. The Bertz CT molecular complexity index is 463. The topological polar surface area (TPSA) is 42.2 Å². The number of rotatable bonds is 6. The second-order valence-corrected chi connectivity index (χ2v) is 4.47. The van der Waals surface area contributed by atoms with Crippen LogP contribution in [0.25, 0.3) is 5.65 Å². The number of fused-ring (bicyclic) bond motifs is 1. The first-order valence-electron chi connectivity index (χ1n) is 6.33. The molecule has 0 amide bonds. The van der Waals surface area contributed by atoms with Crippen LogP contribution in [0.3, 0.4) is 0 Å². The molecule has 0 aliphatic rings. The van der Waals surface area contributed by atoms with Crippen molar-refractivity contribution in [3.05, 3.63) is 30.2 Å². The van der Waals surface area contributed by atoms with E-state index in [0.717, 1.165) is 18.0 Å². The van der Waals surface area contributed by atoms with Gasteiger partial charge in [0.2, 0.25) is 0 Å². The lowest BCUT2D eigenvalue weighted by atomic mass is 10.1. The number of hydrogen-bond donors (Lipinski definition) is 1. The highest BCUT2D eigenvalue weighted by Gasteiger charge is 2.06. The summed E-state index contributed by atoms with van der Waals surface area (Å²) in [5.74, 6) is 0.976. The van der Waals surface area contributed by atoms with E-state index in [9.17, 15) is 0 Å². The van der Waals surface area contributed by atoms with E-state index in [0.29, 0.717) is 6.04 Å². The highest BCUT2D eigenvalue weighted by Crippen LogP contribution is 2.04. The average Bonchev–Trinajstić information content (AvgIpc) is 2.77. The van der Waals surface area contributed by atoms with Gasteiger partial charge < -0.3 is 5.32 Å². The van der Waals surface area contributed by atoms with Crippen molar-refractivity contribution in [2.75, 3.05) is 0 Å². The zero-order valence-corrected chi connectivity index (χ0v) is 10.6. The molecular formula is C13H20N4. The Balaban J connectivity index is 1.95. The van der Waals surface area contributed by atoms with Crippen molar-refractivity contribution in [3.8, 4) is 0 Å². The number of hydrogen-bond acceptors (Lipinski definition) is 3. The van der Waals surface area contributed by atoms with E-state index in [1.165, 1.54) is 19.3 Å². The summed E-state index contributed by atoms with van der Waals surface area (Å²) < 4.78 is 2.03. The van der Waals surface area contributed by atoms with Crippen LogP contribution in [-0.2, 0) is 6.54 Å². The van der Waals surface area contributed by atoms with Gasteiger partial charge in [-0.25, -0.2) is 0 Å². The molecule has 0 fully saturated rings. The standard InChI is InChI=1S/C13H20N4/c1-3-4-7-11(2)14-10-13-16-15-12-8-5-6-9-17(12)13/h5-6,8-9,11,14H,3-4,7,10H2,1-2H3/t11-/m1/s1. The van der Waals surface area contributed by atoms with Gasteiger partial charge in [-0.05, 0) is 25.5 Å². The van der Waals surface area contributed by atoms with E-state index in [4.69, 9.17) is 0 Å². The van der Waals surface area contributed by atoms with Crippen molar-refractivity contribution in [2.24, 2.45) is 0 Å². The lowest BCUT2D eigenvalue weighted by Gasteiger charge is -2.12. The maximum atomic E-state index is 4.20. The number of pyridine rings is 1. The third-order valence-electron chi connectivity index (χ3n) is 2.98. The van der Waals surface area contributed by atoms with Gasteiger partial charge in [-0.15, -0.1) is 10.2 Å². The van der Waals surface area contributed by atoms with Crippen LogP contribution in [0.15, 0.2) is 24.4 Å². The molecule has 1 N–H and O–H groups in total. The molecule has 4 heteroatoms. The molecule has 0 spiro atoms. The number of unbranched alkanes of at least 4 members (excludes halogenated alkanes) is 1.